The van der Waals surface area contributed by atoms with Gasteiger partial charge in [-0.05, 0) is 29.3 Å². The minimum Gasteiger partial charge on any atom is -0.480 e. The summed E-state index contributed by atoms with van der Waals surface area (Å²) >= 11 is 5.87. The predicted octanol–water partition coefficient (Wildman–Crippen LogP) is 3.06. The SMILES string of the molecule is O=C(O)[C@@H]1Cc2c([nH]c3ccccc23)[C@H](c2ccc3c(c2)OCO3)N1C(=O)CCl. The third kappa shape index (κ3) is 2.73. The number of H-pyrrole nitrogens is 1. The predicted molar refractivity (Wildman–Crippen MR) is 105 cm³/mol. The smallest absolute Gasteiger partial charge is 0.326 e. The van der Waals surface area contributed by atoms with Crippen molar-refractivity contribution in [3.05, 3.63) is 59.3 Å². The van der Waals surface area contributed by atoms with E-state index in [2.05, 4.69) is 4.98 Å². The molecule has 8 heteroatoms. The first-order chi connectivity index (χ1) is 14.1. The average molecular weight is 413 g/mol. The van der Waals surface area contributed by atoms with E-state index in [9.17, 15) is 14.7 Å². The molecule has 2 atom stereocenters. The number of benzene rings is 2. The molecule has 3 heterocycles. The van der Waals surface area contributed by atoms with Gasteiger partial charge in [0.2, 0.25) is 12.7 Å². The fourth-order valence-electron chi connectivity index (χ4n) is 4.29. The first-order valence-corrected chi connectivity index (χ1v) is 9.71. The quantitative estimate of drug-likeness (QED) is 0.645. The fourth-order valence-corrected chi connectivity index (χ4v) is 4.43. The van der Waals surface area contributed by atoms with Crippen molar-refractivity contribution in [2.45, 2.75) is 18.5 Å². The molecule has 3 aromatic rings. The van der Waals surface area contributed by atoms with Gasteiger partial charge in [0.05, 0.1) is 6.04 Å². The minimum absolute atomic E-state index is 0.128. The number of hydrogen-bond donors (Lipinski definition) is 2. The maximum Gasteiger partial charge on any atom is 0.326 e. The summed E-state index contributed by atoms with van der Waals surface area (Å²) < 4.78 is 10.9. The van der Waals surface area contributed by atoms with E-state index in [1.807, 2.05) is 30.3 Å². The van der Waals surface area contributed by atoms with Gasteiger partial charge in [-0.25, -0.2) is 4.79 Å². The maximum atomic E-state index is 12.8. The van der Waals surface area contributed by atoms with Crippen LogP contribution in [-0.2, 0) is 16.0 Å². The molecule has 0 fully saturated rings. The van der Waals surface area contributed by atoms with Crippen LogP contribution in [0.4, 0.5) is 0 Å². The highest BCUT2D eigenvalue weighted by atomic mass is 35.5. The molecule has 7 nitrogen and oxygen atoms in total. The Morgan fingerprint density at radius 2 is 1.97 bits per heavy atom. The van der Waals surface area contributed by atoms with Crippen molar-refractivity contribution in [3.63, 3.8) is 0 Å². The molecular formula is C21H17ClN2O5. The molecular weight excluding hydrogens is 396 g/mol. The van der Waals surface area contributed by atoms with Crippen molar-refractivity contribution < 1.29 is 24.2 Å². The van der Waals surface area contributed by atoms with Crippen LogP contribution in [0, 0.1) is 0 Å². The Kier molecular flexibility index (Phi) is 4.13. The number of halogens is 1. The molecule has 0 radical (unpaired) electrons. The monoisotopic (exact) mass is 412 g/mol. The largest absolute Gasteiger partial charge is 0.480 e. The van der Waals surface area contributed by atoms with Crippen LogP contribution in [-0.4, -0.2) is 45.6 Å². The van der Waals surface area contributed by atoms with Gasteiger partial charge in [0.1, 0.15) is 11.9 Å². The summed E-state index contributed by atoms with van der Waals surface area (Å²) in [6, 6.07) is 11.5. The molecule has 2 aromatic carbocycles. The van der Waals surface area contributed by atoms with E-state index >= 15 is 0 Å². The second-order valence-electron chi connectivity index (χ2n) is 7.07. The van der Waals surface area contributed by atoms with Gasteiger partial charge >= 0.3 is 5.97 Å². The summed E-state index contributed by atoms with van der Waals surface area (Å²) in [6.45, 7) is 0.128. The Balaban J connectivity index is 1.75. The molecule has 0 saturated heterocycles. The summed E-state index contributed by atoms with van der Waals surface area (Å²) in [6.07, 6.45) is 0.207. The number of nitrogens with one attached hydrogen (secondary N) is 1. The van der Waals surface area contributed by atoms with E-state index in [1.165, 1.54) is 4.90 Å². The van der Waals surface area contributed by atoms with Crippen LogP contribution in [0.15, 0.2) is 42.5 Å². The van der Waals surface area contributed by atoms with Crippen molar-refractivity contribution in [2.75, 3.05) is 12.7 Å². The summed E-state index contributed by atoms with van der Waals surface area (Å²) in [5.74, 6) is -0.626. The lowest BCUT2D eigenvalue weighted by Crippen LogP contribution is -2.52. The number of aromatic nitrogens is 1. The molecule has 0 aliphatic carbocycles. The van der Waals surface area contributed by atoms with Gasteiger partial charge in [-0.3, -0.25) is 4.79 Å². The molecule has 2 aliphatic heterocycles. The number of aromatic amines is 1. The van der Waals surface area contributed by atoms with Crippen molar-refractivity contribution in [3.8, 4) is 11.5 Å². The van der Waals surface area contributed by atoms with E-state index in [4.69, 9.17) is 21.1 Å². The molecule has 1 aromatic heterocycles. The molecule has 5 rings (SSSR count). The van der Waals surface area contributed by atoms with Crippen LogP contribution >= 0.6 is 11.6 Å². The highest BCUT2D eigenvalue weighted by Gasteiger charge is 2.43. The van der Waals surface area contributed by atoms with Gasteiger partial charge < -0.3 is 24.5 Å². The number of amides is 1. The Morgan fingerprint density at radius 1 is 1.17 bits per heavy atom. The number of carboxylic acids is 1. The number of carbonyl (C=O) groups excluding carboxylic acids is 1. The van der Waals surface area contributed by atoms with Gasteiger partial charge in [0.15, 0.2) is 11.5 Å². The molecule has 1 amide bonds. The lowest BCUT2D eigenvalue weighted by atomic mass is 9.88. The summed E-state index contributed by atoms with van der Waals surface area (Å²) in [7, 11) is 0. The van der Waals surface area contributed by atoms with Crippen LogP contribution < -0.4 is 9.47 Å². The number of nitrogens with zero attached hydrogens (tertiary/aromatic N) is 1. The lowest BCUT2D eigenvalue weighted by Gasteiger charge is -2.40. The van der Waals surface area contributed by atoms with Gasteiger partial charge in [-0.1, -0.05) is 24.3 Å². The number of aliphatic carboxylic acids is 1. The lowest BCUT2D eigenvalue weighted by molar-refractivity contribution is -0.151. The van der Waals surface area contributed by atoms with Gasteiger partial charge in [0, 0.05) is 23.0 Å². The number of hydrogen-bond acceptors (Lipinski definition) is 4. The number of alkyl halides is 1. The second kappa shape index (κ2) is 6.70. The number of carbonyl (C=O) groups is 2. The summed E-state index contributed by atoms with van der Waals surface area (Å²) in [5, 5.41) is 10.9. The van der Waals surface area contributed by atoms with Crippen LogP contribution in [0.5, 0.6) is 11.5 Å². The standard InChI is InChI=1S/C21H17ClN2O5/c22-9-18(25)24-15(21(26)27)8-13-12-3-1-2-4-14(12)23-19(13)20(24)11-5-6-16-17(7-11)29-10-28-16/h1-7,15,20,23H,8-10H2,(H,26,27)/t15-,20-/m0/s1. The highest BCUT2D eigenvalue weighted by Crippen LogP contribution is 2.43. The molecule has 0 unspecified atom stereocenters. The van der Waals surface area contributed by atoms with Gasteiger partial charge in [0.25, 0.3) is 0 Å². The molecule has 0 spiro atoms. The molecule has 2 N–H and O–H groups in total. The molecule has 148 valence electrons. The third-order valence-electron chi connectivity index (χ3n) is 5.53. The Hall–Kier alpha value is -3.19. The first-order valence-electron chi connectivity index (χ1n) is 9.17. The van der Waals surface area contributed by atoms with Crippen molar-refractivity contribution in [2.24, 2.45) is 0 Å². The van der Waals surface area contributed by atoms with Crippen LogP contribution in [0.25, 0.3) is 10.9 Å². The number of para-hydroxylation sites is 1. The Morgan fingerprint density at radius 3 is 2.76 bits per heavy atom. The topological polar surface area (TPSA) is 91.9 Å². The number of carboxylic acid groups (broad SMARTS) is 1. The number of ether oxygens (including phenoxy) is 2. The molecule has 29 heavy (non-hydrogen) atoms. The van der Waals surface area contributed by atoms with Crippen molar-refractivity contribution >= 4 is 34.4 Å². The van der Waals surface area contributed by atoms with Crippen LogP contribution in [0.3, 0.4) is 0 Å². The minimum atomic E-state index is -1.06. The van der Waals surface area contributed by atoms with E-state index in [0.717, 1.165) is 27.7 Å². The zero-order valence-corrected chi connectivity index (χ0v) is 16.0. The first kappa shape index (κ1) is 17.9. The normalized spacial score (nSPS) is 20.0. The van der Waals surface area contributed by atoms with Gasteiger partial charge in [-0.2, -0.15) is 0 Å². The fraction of sp³-hybridized carbons (Fsp3) is 0.238. The third-order valence-corrected chi connectivity index (χ3v) is 5.76. The Labute approximate surface area is 170 Å². The second-order valence-corrected chi connectivity index (χ2v) is 7.34. The average Bonchev–Trinajstić information content (AvgIpc) is 3.35. The Bertz CT molecular complexity index is 1140. The zero-order valence-electron chi connectivity index (χ0n) is 15.2. The number of fused-ring (bicyclic) bond motifs is 4. The highest BCUT2D eigenvalue weighted by molar-refractivity contribution is 6.27. The van der Waals surface area contributed by atoms with Crippen molar-refractivity contribution in [1.82, 2.24) is 9.88 Å². The van der Waals surface area contributed by atoms with E-state index in [0.29, 0.717) is 11.5 Å². The van der Waals surface area contributed by atoms with Crippen LogP contribution in [0.2, 0.25) is 0 Å². The molecule has 2 aliphatic rings. The van der Waals surface area contributed by atoms with Gasteiger partial charge in [-0.15, -0.1) is 11.6 Å². The summed E-state index contributed by atoms with van der Waals surface area (Å²) in [4.78, 5) is 29.7. The summed E-state index contributed by atoms with van der Waals surface area (Å²) in [5.41, 5.74) is 3.31. The number of rotatable bonds is 3. The molecule has 0 saturated carbocycles. The maximum absolute atomic E-state index is 12.8. The van der Waals surface area contributed by atoms with E-state index in [-0.39, 0.29) is 19.1 Å². The van der Waals surface area contributed by atoms with Crippen molar-refractivity contribution in [1.29, 1.82) is 0 Å². The van der Waals surface area contributed by atoms with E-state index < -0.39 is 24.0 Å². The molecule has 0 bridgehead atoms. The van der Waals surface area contributed by atoms with E-state index in [1.54, 1.807) is 12.1 Å². The van der Waals surface area contributed by atoms with Crippen LogP contribution in [0.1, 0.15) is 22.9 Å². The zero-order chi connectivity index (χ0) is 20.1.